The Morgan fingerprint density at radius 3 is 2.76 bits per heavy atom. The summed E-state index contributed by atoms with van der Waals surface area (Å²) in [4.78, 5) is 22.9. The van der Waals surface area contributed by atoms with Gasteiger partial charge in [0.2, 0.25) is 0 Å². The lowest BCUT2D eigenvalue weighted by atomic mass is 10.0. The maximum atomic E-state index is 12.2. The molecule has 1 fully saturated rings. The highest BCUT2D eigenvalue weighted by molar-refractivity contribution is 6.00. The number of nitro groups is 1. The summed E-state index contributed by atoms with van der Waals surface area (Å²) in [6.45, 7) is 1.93. The van der Waals surface area contributed by atoms with Crippen molar-refractivity contribution in [3.8, 4) is 0 Å². The maximum absolute atomic E-state index is 12.2. The second-order valence-corrected chi connectivity index (χ2v) is 4.97. The lowest BCUT2D eigenvalue weighted by Crippen LogP contribution is -2.32. The number of nitrogens with zero attached hydrogens (tertiary/aromatic N) is 1. The number of anilines is 1. The molecule has 1 aliphatic rings. The van der Waals surface area contributed by atoms with Crippen molar-refractivity contribution in [1.29, 1.82) is 0 Å². The molecule has 0 aliphatic carbocycles. The zero-order chi connectivity index (χ0) is 15.2. The average molecular weight is 293 g/mol. The van der Waals surface area contributed by atoms with Gasteiger partial charge in [0, 0.05) is 26.8 Å². The van der Waals surface area contributed by atoms with E-state index < -0.39 is 10.8 Å². The standard InChI is InChI=1S/C14H19N3O4/c1-15-12-4-2-3-11(13(12)17(19)20)14(18)16-9-10-5-7-21-8-6-10/h2-4,10,15H,5-9H2,1H3,(H,16,18). The highest BCUT2D eigenvalue weighted by Crippen LogP contribution is 2.28. The third-order valence-electron chi connectivity index (χ3n) is 3.62. The molecular formula is C14H19N3O4. The van der Waals surface area contributed by atoms with E-state index in [0.717, 1.165) is 12.8 Å². The van der Waals surface area contributed by atoms with Crippen LogP contribution in [0.3, 0.4) is 0 Å². The number of nitrogens with one attached hydrogen (secondary N) is 2. The Labute approximate surface area is 122 Å². The highest BCUT2D eigenvalue weighted by Gasteiger charge is 2.24. The second-order valence-electron chi connectivity index (χ2n) is 4.97. The molecule has 0 atom stereocenters. The van der Waals surface area contributed by atoms with Gasteiger partial charge >= 0.3 is 5.69 Å². The number of hydrogen-bond acceptors (Lipinski definition) is 5. The fraction of sp³-hybridized carbons (Fsp3) is 0.500. The largest absolute Gasteiger partial charge is 0.383 e. The minimum Gasteiger partial charge on any atom is -0.383 e. The lowest BCUT2D eigenvalue weighted by Gasteiger charge is -2.22. The van der Waals surface area contributed by atoms with Gasteiger partial charge in [-0.2, -0.15) is 0 Å². The van der Waals surface area contributed by atoms with Crippen LogP contribution >= 0.6 is 0 Å². The van der Waals surface area contributed by atoms with Crippen LogP contribution in [0.4, 0.5) is 11.4 Å². The Bertz CT molecular complexity index is 527. The SMILES string of the molecule is CNc1cccc(C(=O)NCC2CCOCC2)c1[N+](=O)[O-]. The number of nitro benzene ring substituents is 1. The molecule has 1 aromatic carbocycles. The van der Waals surface area contributed by atoms with Crippen LogP contribution in [0.25, 0.3) is 0 Å². The van der Waals surface area contributed by atoms with E-state index in [-0.39, 0.29) is 11.3 Å². The van der Waals surface area contributed by atoms with Gasteiger partial charge in [0.15, 0.2) is 0 Å². The van der Waals surface area contributed by atoms with Gasteiger partial charge < -0.3 is 15.4 Å². The zero-order valence-electron chi connectivity index (χ0n) is 11.9. The second kappa shape index (κ2) is 7.03. The Kier molecular flexibility index (Phi) is 5.10. The summed E-state index contributed by atoms with van der Waals surface area (Å²) in [5.74, 6) is -0.0421. The fourth-order valence-electron chi connectivity index (χ4n) is 2.41. The lowest BCUT2D eigenvalue weighted by molar-refractivity contribution is -0.384. The highest BCUT2D eigenvalue weighted by atomic mass is 16.6. The van der Waals surface area contributed by atoms with Gasteiger partial charge in [0.1, 0.15) is 11.3 Å². The van der Waals surface area contributed by atoms with E-state index in [1.54, 1.807) is 19.2 Å². The Hall–Kier alpha value is -2.15. The molecule has 0 radical (unpaired) electrons. The normalized spacial score (nSPS) is 15.5. The first-order chi connectivity index (χ1) is 10.1. The number of rotatable bonds is 5. The number of carbonyl (C=O) groups excluding carboxylic acids is 1. The van der Waals surface area contributed by atoms with E-state index in [4.69, 9.17) is 4.74 Å². The minimum atomic E-state index is -0.533. The van der Waals surface area contributed by atoms with E-state index in [0.29, 0.717) is 31.4 Å². The van der Waals surface area contributed by atoms with Gasteiger partial charge in [-0.3, -0.25) is 14.9 Å². The molecule has 2 N–H and O–H groups in total. The third-order valence-corrected chi connectivity index (χ3v) is 3.62. The first-order valence-corrected chi connectivity index (χ1v) is 6.94. The van der Waals surface area contributed by atoms with Crippen LogP contribution in [0.5, 0.6) is 0 Å². The molecule has 114 valence electrons. The van der Waals surface area contributed by atoms with Crippen LogP contribution < -0.4 is 10.6 Å². The van der Waals surface area contributed by atoms with E-state index >= 15 is 0 Å². The topological polar surface area (TPSA) is 93.5 Å². The molecule has 0 saturated carbocycles. The van der Waals surface area contributed by atoms with Crippen molar-refractivity contribution < 1.29 is 14.5 Å². The minimum absolute atomic E-state index is 0.0823. The summed E-state index contributed by atoms with van der Waals surface area (Å²) in [5.41, 5.74) is 0.224. The van der Waals surface area contributed by atoms with Crippen molar-refractivity contribution in [3.05, 3.63) is 33.9 Å². The van der Waals surface area contributed by atoms with E-state index in [2.05, 4.69) is 10.6 Å². The van der Waals surface area contributed by atoms with Crippen LogP contribution in [0, 0.1) is 16.0 Å². The van der Waals surface area contributed by atoms with Crippen molar-refractivity contribution in [3.63, 3.8) is 0 Å². The maximum Gasteiger partial charge on any atom is 0.305 e. The van der Waals surface area contributed by atoms with Gasteiger partial charge in [0.05, 0.1) is 4.92 Å². The molecule has 0 unspecified atom stereocenters. The Morgan fingerprint density at radius 2 is 2.14 bits per heavy atom. The van der Waals surface area contributed by atoms with Crippen molar-refractivity contribution in [1.82, 2.24) is 5.32 Å². The number of ether oxygens (including phenoxy) is 1. The number of carbonyl (C=O) groups is 1. The molecule has 1 aromatic rings. The van der Waals surface area contributed by atoms with Crippen molar-refractivity contribution in [2.45, 2.75) is 12.8 Å². The molecule has 2 rings (SSSR count). The van der Waals surface area contributed by atoms with Gasteiger partial charge in [-0.25, -0.2) is 0 Å². The van der Waals surface area contributed by atoms with E-state index in [1.165, 1.54) is 6.07 Å². The molecule has 1 amide bonds. The van der Waals surface area contributed by atoms with Gasteiger partial charge in [-0.15, -0.1) is 0 Å². The Morgan fingerprint density at radius 1 is 1.43 bits per heavy atom. The number of benzene rings is 1. The monoisotopic (exact) mass is 293 g/mol. The summed E-state index contributed by atoms with van der Waals surface area (Å²) < 4.78 is 5.26. The Balaban J connectivity index is 2.09. The van der Waals surface area contributed by atoms with Crippen LogP contribution in [-0.2, 0) is 4.74 Å². The van der Waals surface area contributed by atoms with E-state index in [9.17, 15) is 14.9 Å². The van der Waals surface area contributed by atoms with Crippen LogP contribution in [0.2, 0.25) is 0 Å². The predicted molar refractivity (Wildman–Crippen MR) is 78.5 cm³/mol. The summed E-state index contributed by atoms with van der Waals surface area (Å²) in [6, 6.07) is 4.67. The molecule has 1 saturated heterocycles. The van der Waals surface area contributed by atoms with Gasteiger partial charge in [-0.1, -0.05) is 6.07 Å². The fourth-order valence-corrected chi connectivity index (χ4v) is 2.41. The average Bonchev–Trinajstić information content (AvgIpc) is 2.52. The first-order valence-electron chi connectivity index (χ1n) is 6.94. The molecule has 1 heterocycles. The number of amides is 1. The van der Waals surface area contributed by atoms with Crippen molar-refractivity contribution in [2.75, 3.05) is 32.1 Å². The molecule has 7 nitrogen and oxygen atoms in total. The first kappa shape index (κ1) is 15.2. The smallest absolute Gasteiger partial charge is 0.305 e. The summed E-state index contributed by atoms with van der Waals surface area (Å²) in [7, 11) is 1.59. The summed E-state index contributed by atoms with van der Waals surface area (Å²) in [6.07, 6.45) is 1.80. The zero-order valence-corrected chi connectivity index (χ0v) is 11.9. The molecule has 7 heteroatoms. The molecule has 1 aliphatic heterocycles. The van der Waals surface area contributed by atoms with Gasteiger partial charge in [-0.05, 0) is 30.9 Å². The van der Waals surface area contributed by atoms with Crippen molar-refractivity contribution >= 4 is 17.3 Å². The summed E-state index contributed by atoms with van der Waals surface area (Å²) in [5, 5.41) is 16.7. The molecule has 0 spiro atoms. The quantitative estimate of drug-likeness (QED) is 0.637. The molecular weight excluding hydrogens is 274 g/mol. The number of para-hydroxylation sites is 1. The van der Waals surface area contributed by atoms with Crippen LogP contribution in [0.15, 0.2) is 18.2 Å². The summed E-state index contributed by atoms with van der Waals surface area (Å²) >= 11 is 0. The van der Waals surface area contributed by atoms with Gasteiger partial charge in [0.25, 0.3) is 5.91 Å². The van der Waals surface area contributed by atoms with Crippen LogP contribution in [0.1, 0.15) is 23.2 Å². The van der Waals surface area contributed by atoms with Crippen LogP contribution in [-0.4, -0.2) is 37.6 Å². The third kappa shape index (κ3) is 3.69. The number of hydrogen-bond donors (Lipinski definition) is 2. The molecule has 0 aromatic heterocycles. The molecule has 21 heavy (non-hydrogen) atoms. The predicted octanol–water partition coefficient (Wildman–Crippen LogP) is 1.79. The van der Waals surface area contributed by atoms with Crippen molar-refractivity contribution in [2.24, 2.45) is 5.92 Å². The van der Waals surface area contributed by atoms with E-state index in [1.807, 2.05) is 0 Å². The molecule has 0 bridgehead atoms.